The molecule has 3 heteroatoms. The third-order valence-electron chi connectivity index (χ3n) is 3.65. The molecule has 20 heavy (non-hydrogen) atoms. The van der Waals surface area contributed by atoms with Gasteiger partial charge in [0.1, 0.15) is 0 Å². The molecule has 1 heterocycles. The monoisotopic (exact) mass is 288 g/mol. The molecular weight excluding hydrogens is 264 g/mol. The fourth-order valence-electron chi connectivity index (χ4n) is 2.36. The lowest BCUT2D eigenvalue weighted by atomic mass is 10.1. The number of rotatable bonds is 6. The van der Waals surface area contributed by atoms with Crippen molar-refractivity contribution in [2.75, 3.05) is 20.6 Å². The molecule has 1 aromatic heterocycles. The van der Waals surface area contributed by atoms with Gasteiger partial charge in [-0.3, -0.25) is 0 Å². The minimum Gasteiger partial charge on any atom is -0.308 e. The standard InChI is InChI=1S/C17H24N2S/c1-13-7-5-8-15(11-13)14(2)18-12-16(19(3)4)17-9-6-10-20-17/h5-11,14,16,18H,12H2,1-4H3. The third-order valence-corrected chi connectivity index (χ3v) is 4.63. The lowest BCUT2D eigenvalue weighted by Gasteiger charge is -2.26. The van der Waals surface area contributed by atoms with E-state index in [9.17, 15) is 0 Å². The minimum absolute atomic E-state index is 0.373. The van der Waals surface area contributed by atoms with Gasteiger partial charge >= 0.3 is 0 Å². The number of nitrogens with one attached hydrogen (secondary N) is 1. The lowest BCUT2D eigenvalue weighted by Crippen LogP contribution is -2.32. The van der Waals surface area contributed by atoms with Gasteiger partial charge in [-0.25, -0.2) is 0 Å². The van der Waals surface area contributed by atoms with Crippen LogP contribution in [0.15, 0.2) is 41.8 Å². The number of hydrogen-bond donors (Lipinski definition) is 1. The second-order valence-corrected chi connectivity index (χ2v) is 6.52. The number of thiophene rings is 1. The predicted molar refractivity (Wildman–Crippen MR) is 88.3 cm³/mol. The largest absolute Gasteiger partial charge is 0.308 e. The van der Waals surface area contributed by atoms with Crippen LogP contribution in [0.25, 0.3) is 0 Å². The van der Waals surface area contributed by atoms with Crippen LogP contribution in [0.4, 0.5) is 0 Å². The van der Waals surface area contributed by atoms with Crippen LogP contribution in [0.5, 0.6) is 0 Å². The van der Waals surface area contributed by atoms with Gasteiger partial charge < -0.3 is 10.2 Å². The zero-order valence-corrected chi connectivity index (χ0v) is 13.6. The Morgan fingerprint density at radius 3 is 2.60 bits per heavy atom. The molecule has 2 nitrogen and oxygen atoms in total. The van der Waals surface area contributed by atoms with Gasteiger partial charge in [-0.05, 0) is 45.0 Å². The maximum atomic E-state index is 3.66. The molecule has 0 aliphatic rings. The van der Waals surface area contributed by atoms with E-state index in [1.54, 1.807) is 0 Å². The summed E-state index contributed by atoms with van der Waals surface area (Å²) in [5.41, 5.74) is 2.67. The number of nitrogens with zero attached hydrogens (tertiary/aromatic N) is 1. The summed E-state index contributed by atoms with van der Waals surface area (Å²) in [4.78, 5) is 3.70. The normalized spacial score (nSPS) is 14.4. The highest BCUT2D eigenvalue weighted by Crippen LogP contribution is 2.23. The molecule has 0 fully saturated rings. The van der Waals surface area contributed by atoms with E-state index in [0.717, 1.165) is 6.54 Å². The van der Waals surface area contributed by atoms with Gasteiger partial charge in [0.05, 0.1) is 6.04 Å². The van der Waals surface area contributed by atoms with Gasteiger partial charge in [-0.1, -0.05) is 35.9 Å². The molecule has 0 saturated carbocycles. The first kappa shape index (κ1) is 15.2. The van der Waals surface area contributed by atoms with Crippen molar-refractivity contribution < 1.29 is 0 Å². The zero-order valence-electron chi connectivity index (χ0n) is 12.8. The molecule has 1 N–H and O–H groups in total. The Hall–Kier alpha value is -1.16. The van der Waals surface area contributed by atoms with E-state index in [4.69, 9.17) is 0 Å². The molecule has 2 rings (SSSR count). The maximum Gasteiger partial charge on any atom is 0.0561 e. The van der Waals surface area contributed by atoms with E-state index in [-0.39, 0.29) is 0 Å². The average molecular weight is 288 g/mol. The Balaban J connectivity index is 1.99. The molecule has 0 bridgehead atoms. The summed E-state index contributed by atoms with van der Waals surface area (Å²) in [7, 11) is 4.28. The number of likely N-dealkylation sites (N-methyl/N-ethyl adjacent to an activating group) is 1. The van der Waals surface area contributed by atoms with E-state index >= 15 is 0 Å². The molecule has 0 aliphatic heterocycles. The molecule has 2 atom stereocenters. The summed E-state index contributed by atoms with van der Waals surface area (Å²) >= 11 is 1.83. The first-order valence-electron chi connectivity index (χ1n) is 7.07. The Bertz CT molecular complexity index is 520. The summed E-state index contributed by atoms with van der Waals surface area (Å²) < 4.78 is 0. The summed E-state index contributed by atoms with van der Waals surface area (Å²) in [6.07, 6.45) is 0. The molecule has 2 unspecified atom stereocenters. The minimum atomic E-state index is 0.373. The first-order chi connectivity index (χ1) is 9.58. The Morgan fingerprint density at radius 1 is 1.20 bits per heavy atom. The SMILES string of the molecule is Cc1cccc(C(C)NCC(c2cccs2)N(C)C)c1. The molecule has 0 radical (unpaired) electrons. The Morgan fingerprint density at radius 2 is 2.00 bits per heavy atom. The van der Waals surface area contributed by atoms with Crippen molar-refractivity contribution in [3.8, 4) is 0 Å². The number of hydrogen-bond acceptors (Lipinski definition) is 3. The summed E-state index contributed by atoms with van der Waals surface area (Å²) in [5.74, 6) is 0. The highest BCUT2D eigenvalue weighted by molar-refractivity contribution is 7.10. The second kappa shape index (κ2) is 7.02. The van der Waals surface area contributed by atoms with Crippen molar-refractivity contribution in [3.63, 3.8) is 0 Å². The van der Waals surface area contributed by atoms with Crippen LogP contribution in [-0.2, 0) is 0 Å². The zero-order chi connectivity index (χ0) is 14.5. The van der Waals surface area contributed by atoms with Crippen LogP contribution in [-0.4, -0.2) is 25.5 Å². The summed E-state index contributed by atoms with van der Waals surface area (Å²) in [6.45, 7) is 5.34. The second-order valence-electron chi connectivity index (χ2n) is 5.54. The number of benzene rings is 1. The van der Waals surface area contributed by atoms with Gasteiger partial charge in [0.15, 0.2) is 0 Å². The van der Waals surface area contributed by atoms with Crippen molar-refractivity contribution in [2.45, 2.75) is 25.9 Å². The molecule has 0 aliphatic carbocycles. The third kappa shape index (κ3) is 3.92. The van der Waals surface area contributed by atoms with Gasteiger partial charge in [-0.15, -0.1) is 11.3 Å². The van der Waals surface area contributed by atoms with Crippen LogP contribution in [0.3, 0.4) is 0 Å². The molecule has 0 amide bonds. The van der Waals surface area contributed by atoms with E-state index in [0.29, 0.717) is 12.1 Å². The van der Waals surface area contributed by atoms with Gasteiger partial charge in [0.25, 0.3) is 0 Å². The molecule has 108 valence electrons. The van der Waals surface area contributed by atoms with E-state index < -0.39 is 0 Å². The molecular formula is C17H24N2S. The van der Waals surface area contributed by atoms with Crippen LogP contribution in [0.2, 0.25) is 0 Å². The Labute approximate surface area is 126 Å². The molecule has 0 saturated heterocycles. The highest BCUT2D eigenvalue weighted by atomic mass is 32.1. The fraction of sp³-hybridized carbons (Fsp3) is 0.412. The van der Waals surface area contributed by atoms with E-state index in [2.05, 4.69) is 79.9 Å². The van der Waals surface area contributed by atoms with Gasteiger partial charge in [0.2, 0.25) is 0 Å². The Kier molecular flexibility index (Phi) is 5.35. The van der Waals surface area contributed by atoms with E-state index in [1.165, 1.54) is 16.0 Å². The smallest absolute Gasteiger partial charge is 0.0561 e. The average Bonchev–Trinajstić information content (AvgIpc) is 2.92. The molecule has 1 aromatic carbocycles. The quantitative estimate of drug-likeness (QED) is 0.864. The number of aryl methyl sites for hydroxylation is 1. The van der Waals surface area contributed by atoms with Crippen LogP contribution >= 0.6 is 11.3 Å². The topological polar surface area (TPSA) is 15.3 Å². The highest BCUT2D eigenvalue weighted by Gasteiger charge is 2.16. The summed E-state index contributed by atoms with van der Waals surface area (Å²) in [5, 5.41) is 5.81. The maximum absolute atomic E-state index is 3.66. The van der Waals surface area contributed by atoms with Gasteiger partial charge in [0, 0.05) is 17.5 Å². The van der Waals surface area contributed by atoms with Crippen molar-refractivity contribution in [1.82, 2.24) is 10.2 Å². The molecule has 0 spiro atoms. The van der Waals surface area contributed by atoms with Crippen molar-refractivity contribution in [2.24, 2.45) is 0 Å². The van der Waals surface area contributed by atoms with Crippen molar-refractivity contribution in [1.29, 1.82) is 0 Å². The van der Waals surface area contributed by atoms with Crippen molar-refractivity contribution in [3.05, 3.63) is 57.8 Å². The lowest BCUT2D eigenvalue weighted by molar-refractivity contribution is 0.285. The molecule has 2 aromatic rings. The van der Waals surface area contributed by atoms with Crippen molar-refractivity contribution >= 4 is 11.3 Å². The van der Waals surface area contributed by atoms with Crippen LogP contribution in [0, 0.1) is 6.92 Å². The predicted octanol–water partition coefficient (Wildman–Crippen LogP) is 4.01. The van der Waals surface area contributed by atoms with Gasteiger partial charge in [-0.2, -0.15) is 0 Å². The van der Waals surface area contributed by atoms with Crippen LogP contribution < -0.4 is 5.32 Å². The van der Waals surface area contributed by atoms with E-state index in [1.807, 2.05) is 11.3 Å². The summed E-state index contributed by atoms with van der Waals surface area (Å²) in [6, 6.07) is 13.9. The van der Waals surface area contributed by atoms with Crippen LogP contribution in [0.1, 0.15) is 35.0 Å². The fourth-order valence-corrected chi connectivity index (χ4v) is 3.29. The first-order valence-corrected chi connectivity index (χ1v) is 7.95.